The van der Waals surface area contributed by atoms with Crippen molar-refractivity contribution in [2.75, 3.05) is 24.6 Å². The van der Waals surface area contributed by atoms with Crippen molar-refractivity contribution in [3.05, 3.63) is 41.2 Å². The number of carbonyl (C=O) groups excluding carboxylic acids is 1. The fourth-order valence-corrected chi connectivity index (χ4v) is 3.80. The van der Waals surface area contributed by atoms with Gasteiger partial charge in [-0.15, -0.1) is 11.3 Å². The molecule has 1 aromatic carbocycles. The average molecular weight is 349 g/mol. The van der Waals surface area contributed by atoms with Crippen LogP contribution in [0.4, 0.5) is 15.2 Å². The molecule has 0 saturated carbocycles. The first kappa shape index (κ1) is 17.0. The lowest BCUT2D eigenvalue weighted by Gasteiger charge is -2.18. The van der Waals surface area contributed by atoms with Gasteiger partial charge in [0.05, 0.1) is 11.4 Å². The molecule has 1 N–H and O–H groups in total. The molecule has 0 aliphatic carbocycles. The summed E-state index contributed by atoms with van der Waals surface area (Å²) in [6.45, 7) is 4.23. The molecule has 1 aliphatic heterocycles. The second-order valence-corrected chi connectivity index (χ2v) is 6.86. The van der Waals surface area contributed by atoms with Crippen molar-refractivity contribution in [1.29, 1.82) is 0 Å². The van der Waals surface area contributed by atoms with Crippen LogP contribution in [0.5, 0.6) is 0 Å². The van der Waals surface area contributed by atoms with E-state index in [9.17, 15) is 14.3 Å². The Balaban J connectivity index is 1.75. The summed E-state index contributed by atoms with van der Waals surface area (Å²) in [7, 11) is 0. The summed E-state index contributed by atoms with van der Waals surface area (Å²) in [6.07, 6.45) is 1.00. The summed E-state index contributed by atoms with van der Waals surface area (Å²) in [6, 6.07) is 5.81. The number of aliphatic hydroxyl groups excluding tert-OH is 1. The largest absolute Gasteiger partial charge is 0.396 e. The molecule has 1 unspecified atom stereocenters. The van der Waals surface area contributed by atoms with Crippen LogP contribution in [0, 0.1) is 11.7 Å². The highest BCUT2D eigenvalue weighted by molar-refractivity contribution is 7.14. The molecule has 1 aliphatic rings. The number of anilines is 2. The smallest absolute Gasteiger partial charge is 0.230 e. The number of carbonyl (C=O) groups is 1. The van der Waals surface area contributed by atoms with Crippen LogP contribution in [0.3, 0.4) is 0 Å². The summed E-state index contributed by atoms with van der Waals surface area (Å²) in [5, 5.41) is 11.8. The van der Waals surface area contributed by atoms with Crippen LogP contribution in [-0.2, 0) is 11.3 Å². The van der Waals surface area contributed by atoms with Gasteiger partial charge in [0.1, 0.15) is 5.82 Å². The van der Waals surface area contributed by atoms with E-state index in [0.717, 1.165) is 25.2 Å². The van der Waals surface area contributed by atoms with Gasteiger partial charge in [0.15, 0.2) is 5.13 Å². The first-order chi connectivity index (χ1) is 11.6. The molecule has 24 heavy (non-hydrogen) atoms. The summed E-state index contributed by atoms with van der Waals surface area (Å²) in [4.78, 5) is 20.4. The molecule has 1 fully saturated rings. The Morgan fingerprint density at radius 3 is 2.83 bits per heavy atom. The number of rotatable bonds is 5. The Labute approximate surface area is 144 Å². The molecule has 0 spiro atoms. The van der Waals surface area contributed by atoms with Crippen LogP contribution in [0.15, 0.2) is 29.6 Å². The number of hydrogen-bond donors (Lipinski definition) is 1. The molecule has 0 radical (unpaired) electrons. The number of hydrogen-bond acceptors (Lipinski definition) is 5. The molecule has 7 heteroatoms. The third-order valence-electron chi connectivity index (χ3n) is 4.14. The number of thiazole rings is 1. The van der Waals surface area contributed by atoms with Gasteiger partial charge in [-0.2, -0.15) is 0 Å². The standard InChI is InChI=1S/C17H20FN3O2S/c1-12(23)21(16-4-2-14(18)3-5-16)17-19-15(11-24-17)9-20-7-6-13(8-20)10-22/h2-5,11,13,22H,6-10H2,1H3. The zero-order valence-corrected chi connectivity index (χ0v) is 14.3. The van der Waals surface area contributed by atoms with Crippen molar-refractivity contribution >= 4 is 28.1 Å². The first-order valence-electron chi connectivity index (χ1n) is 7.90. The molecule has 5 nitrogen and oxygen atoms in total. The normalized spacial score (nSPS) is 18.0. The lowest BCUT2D eigenvalue weighted by molar-refractivity contribution is -0.115. The van der Waals surface area contributed by atoms with Crippen LogP contribution in [0.2, 0.25) is 0 Å². The third-order valence-corrected chi connectivity index (χ3v) is 5.02. The molecule has 3 rings (SSSR count). The van der Waals surface area contributed by atoms with E-state index in [0.29, 0.717) is 23.3 Å². The molecule has 1 aromatic heterocycles. The number of aromatic nitrogens is 1. The molecular weight excluding hydrogens is 329 g/mol. The quantitative estimate of drug-likeness (QED) is 0.902. The zero-order chi connectivity index (χ0) is 17.1. The molecular formula is C17H20FN3O2S. The van der Waals surface area contributed by atoms with Gasteiger partial charge < -0.3 is 5.11 Å². The summed E-state index contributed by atoms with van der Waals surface area (Å²) in [5.41, 5.74) is 1.51. The SMILES string of the molecule is CC(=O)N(c1ccc(F)cc1)c1nc(CN2CCC(CO)C2)cs1. The van der Waals surface area contributed by atoms with Gasteiger partial charge in [0.25, 0.3) is 0 Å². The molecule has 128 valence electrons. The van der Waals surface area contributed by atoms with E-state index >= 15 is 0 Å². The van der Waals surface area contributed by atoms with Gasteiger partial charge in [-0.1, -0.05) is 0 Å². The maximum absolute atomic E-state index is 13.1. The highest BCUT2D eigenvalue weighted by Gasteiger charge is 2.23. The van der Waals surface area contributed by atoms with E-state index in [-0.39, 0.29) is 18.3 Å². The van der Waals surface area contributed by atoms with E-state index in [1.165, 1.54) is 35.3 Å². The van der Waals surface area contributed by atoms with E-state index < -0.39 is 0 Å². The fraction of sp³-hybridized carbons (Fsp3) is 0.412. The Morgan fingerprint density at radius 1 is 1.46 bits per heavy atom. The zero-order valence-electron chi connectivity index (χ0n) is 13.5. The topological polar surface area (TPSA) is 56.7 Å². The van der Waals surface area contributed by atoms with Crippen molar-refractivity contribution < 1.29 is 14.3 Å². The second kappa shape index (κ2) is 7.38. The number of amides is 1. The predicted molar refractivity (Wildman–Crippen MR) is 91.8 cm³/mol. The first-order valence-corrected chi connectivity index (χ1v) is 8.78. The van der Waals surface area contributed by atoms with Gasteiger partial charge in [-0.25, -0.2) is 9.37 Å². The number of aliphatic hydroxyl groups is 1. The third kappa shape index (κ3) is 3.80. The Morgan fingerprint density at radius 2 is 2.21 bits per heavy atom. The van der Waals surface area contributed by atoms with Crippen molar-refractivity contribution in [2.45, 2.75) is 19.9 Å². The van der Waals surface area contributed by atoms with Gasteiger partial charge in [-0.3, -0.25) is 14.6 Å². The average Bonchev–Trinajstić information content (AvgIpc) is 3.19. The van der Waals surface area contributed by atoms with E-state index in [1.807, 2.05) is 5.38 Å². The van der Waals surface area contributed by atoms with Gasteiger partial charge in [0.2, 0.25) is 5.91 Å². The lowest BCUT2D eigenvalue weighted by atomic mass is 10.1. The molecule has 1 atom stereocenters. The molecule has 1 saturated heterocycles. The van der Waals surface area contributed by atoms with Crippen molar-refractivity contribution in [2.24, 2.45) is 5.92 Å². The van der Waals surface area contributed by atoms with Crippen molar-refractivity contribution in [3.8, 4) is 0 Å². The summed E-state index contributed by atoms with van der Waals surface area (Å²) >= 11 is 1.40. The number of likely N-dealkylation sites (tertiary alicyclic amines) is 1. The second-order valence-electron chi connectivity index (χ2n) is 6.02. The predicted octanol–water partition coefficient (Wildman–Crippen LogP) is 2.78. The van der Waals surface area contributed by atoms with Crippen LogP contribution in [-0.4, -0.2) is 40.6 Å². The Bertz CT molecular complexity index is 704. The van der Waals surface area contributed by atoms with Gasteiger partial charge in [-0.05, 0) is 43.1 Å². The Hall–Kier alpha value is -1.83. The summed E-state index contributed by atoms with van der Waals surface area (Å²) < 4.78 is 13.1. The van der Waals surface area contributed by atoms with E-state index in [2.05, 4.69) is 9.88 Å². The van der Waals surface area contributed by atoms with Gasteiger partial charge >= 0.3 is 0 Å². The highest BCUT2D eigenvalue weighted by Crippen LogP contribution is 2.30. The summed E-state index contributed by atoms with van der Waals surface area (Å²) in [5.74, 6) is -0.158. The van der Waals surface area contributed by atoms with E-state index in [1.54, 1.807) is 12.1 Å². The van der Waals surface area contributed by atoms with Crippen molar-refractivity contribution in [1.82, 2.24) is 9.88 Å². The number of halogens is 1. The maximum atomic E-state index is 13.1. The minimum atomic E-state index is -0.338. The lowest BCUT2D eigenvalue weighted by Crippen LogP contribution is -2.23. The van der Waals surface area contributed by atoms with Crippen LogP contribution in [0.25, 0.3) is 0 Å². The number of benzene rings is 1. The van der Waals surface area contributed by atoms with Crippen LogP contribution < -0.4 is 4.90 Å². The molecule has 1 amide bonds. The van der Waals surface area contributed by atoms with Crippen LogP contribution >= 0.6 is 11.3 Å². The molecule has 0 bridgehead atoms. The van der Waals surface area contributed by atoms with Gasteiger partial charge in [0, 0.05) is 32.0 Å². The highest BCUT2D eigenvalue weighted by atomic mass is 32.1. The van der Waals surface area contributed by atoms with Crippen LogP contribution in [0.1, 0.15) is 19.0 Å². The minimum absolute atomic E-state index is 0.163. The van der Waals surface area contributed by atoms with Crippen molar-refractivity contribution in [3.63, 3.8) is 0 Å². The monoisotopic (exact) mass is 349 g/mol. The maximum Gasteiger partial charge on any atom is 0.230 e. The molecule has 2 aromatic rings. The fourth-order valence-electron chi connectivity index (χ4n) is 2.92. The van der Waals surface area contributed by atoms with E-state index in [4.69, 9.17) is 0 Å². The molecule has 2 heterocycles. The Kier molecular flexibility index (Phi) is 5.23. The number of nitrogens with zero attached hydrogens (tertiary/aromatic N) is 3. The minimum Gasteiger partial charge on any atom is -0.396 e.